The van der Waals surface area contributed by atoms with Crippen LogP contribution in [-0.4, -0.2) is 14.5 Å². The molecule has 0 aliphatic rings. The van der Waals surface area contributed by atoms with Crippen molar-refractivity contribution in [2.75, 3.05) is 0 Å². The van der Waals surface area contributed by atoms with Gasteiger partial charge in [0.15, 0.2) is 0 Å². The zero-order valence-corrected chi connectivity index (χ0v) is 16.5. The number of hydrogen-bond acceptors (Lipinski definition) is 4. The third-order valence-electron chi connectivity index (χ3n) is 4.57. The van der Waals surface area contributed by atoms with Gasteiger partial charge in [0.05, 0.1) is 12.0 Å². The molecule has 0 saturated heterocycles. The lowest BCUT2D eigenvalue weighted by molar-refractivity contribution is 0.302. The predicted molar refractivity (Wildman–Crippen MR) is 113 cm³/mol. The number of rotatable bonds is 9. The molecule has 0 atom stereocenters. The maximum atomic E-state index is 5.90. The number of unbranched alkanes of at least 4 members (excludes halogenated alkanes) is 1. The lowest BCUT2D eigenvalue weighted by atomic mass is 10.1. The number of aryl methyl sites for hydroxylation is 2. The van der Waals surface area contributed by atoms with Gasteiger partial charge >= 0.3 is 0 Å². The van der Waals surface area contributed by atoms with Crippen LogP contribution in [0.5, 0.6) is 5.75 Å². The van der Waals surface area contributed by atoms with Crippen molar-refractivity contribution in [2.24, 2.45) is 0 Å². The van der Waals surface area contributed by atoms with E-state index in [0.717, 1.165) is 41.4 Å². The molecule has 0 fully saturated rings. The second kappa shape index (κ2) is 9.33. The Labute approximate surface area is 169 Å². The summed E-state index contributed by atoms with van der Waals surface area (Å²) in [5.41, 5.74) is 3.46. The van der Waals surface area contributed by atoms with E-state index >= 15 is 0 Å². The summed E-state index contributed by atoms with van der Waals surface area (Å²) in [5, 5.41) is 3.10. The van der Waals surface area contributed by atoms with E-state index in [9.17, 15) is 0 Å². The molecule has 142 valence electrons. The van der Waals surface area contributed by atoms with Crippen LogP contribution < -0.4 is 4.74 Å². The van der Waals surface area contributed by atoms with Gasteiger partial charge in [-0.3, -0.25) is 0 Å². The average Bonchev–Trinajstić information content (AvgIpc) is 3.43. The van der Waals surface area contributed by atoms with Gasteiger partial charge in [0.1, 0.15) is 17.4 Å². The molecule has 2 aromatic heterocycles. The van der Waals surface area contributed by atoms with Gasteiger partial charge in [-0.25, -0.2) is 9.97 Å². The second-order valence-electron chi connectivity index (χ2n) is 6.70. The van der Waals surface area contributed by atoms with E-state index in [1.807, 2.05) is 36.9 Å². The monoisotopic (exact) mass is 389 g/mol. The van der Waals surface area contributed by atoms with E-state index in [2.05, 4.69) is 56.3 Å². The smallest absolute Gasteiger partial charge is 0.131 e. The fourth-order valence-electron chi connectivity index (χ4n) is 3.04. The Morgan fingerprint density at radius 2 is 1.82 bits per heavy atom. The summed E-state index contributed by atoms with van der Waals surface area (Å²) >= 11 is 1.65. The summed E-state index contributed by atoms with van der Waals surface area (Å²) < 4.78 is 8.03. The molecule has 0 N–H and O–H groups in total. The van der Waals surface area contributed by atoms with E-state index in [0.29, 0.717) is 6.61 Å². The Morgan fingerprint density at radius 1 is 0.964 bits per heavy atom. The van der Waals surface area contributed by atoms with Crippen molar-refractivity contribution < 1.29 is 4.74 Å². The number of aromatic nitrogens is 3. The summed E-state index contributed by atoms with van der Waals surface area (Å²) in [4.78, 5) is 8.74. The van der Waals surface area contributed by atoms with Gasteiger partial charge in [-0.15, -0.1) is 11.3 Å². The van der Waals surface area contributed by atoms with Crippen LogP contribution in [0.25, 0.3) is 10.6 Å². The number of thiazole rings is 1. The first-order chi connectivity index (χ1) is 13.9. The Bertz CT molecular complexity index is 963. The third-order valence-corrected chi connectivity index (χ3v) is 5.51. The van der Waals surface area contributed by atoms with Crippen LogP contribution in [0.1, 0.15) is 24.1 Å². The SMILES string of the molecule is c1ccc(-c2nc(COc3ccc(CCCCn4ccnc4)cc3)cs2)cc1. The van der Waals surface area contributed by atoms with Gasteiger partial charge < -0.3 is 9.30 Å². The zero-order valence-electron chi connectivity index (χ0n) is 15.7. The summed E-state index contributed by atoms with van der Waals surface area (Å²) in [7, 11) is 0. The van der Waals surface area contributed by atoms with E-state index in [1.54, 1.807) is 11.3 Å². The molecule has 0 bridgehead atoms. The van der Waals surface area contributed by atoms with Gasteiger partial charge in [0, 0.05) is 29.9 Å². The highest BCUT2D eigenvalue weighted by molar-refractivity contribution is 7.13. The molecular formula is C23H23N3OS. The van der Waals surface area contributed by atoms with Crippen molar-refractivity contribution in [3.8, 4) is 16.3 Å². The molecule has 0 aliphatic heterocycles. The summed E-state index contributed by atoms with van der Waals surface area (Å²) in [5.74, 6) is 0.886. The van der Waals surface area contributed by atoms with Crippen molar-refractivity contribution in [3.05, 3.63) is 90.0 Å². The molecule has 4 nitrogen and oxygen atoms in total. The lowest BCUT2D eigenvalue weighted by Gasteiger charge is -2.06. The fraction of sp³-hybridized carbons (Fsp3) is 0.217. The van der Waals surface area contributed by atoms with Crippen molar-refractivity contribution in [1.82, 2.24) is 14.5 Å². The van der Waals surface area contributed by atoms with Crippen LogP contribution in [0.2, 0.25) is 0 Å². The molecule has 4 aromatic rings. The highest BCUT2D eigenvalue weighted by Crippen LogP contribution is 2.24. The molecule has 0 unspecified atom stereocenters. The van der Waals surface area contributed by atoms with E-state index in [-0.39, 0.29) is 0 Å². The Kier molecular flexibility index (Phi) is 6.15. The number of ether oxygens (including phenoxy) is 1. The van der Waals surface area contributed by atoms with Crippen molar-refractivity contribution in [1.29, 1.82) is 0 Å². The number of imidazole rings is 1. The molecule has 2 aromatic carbocycles. The van der Waals surface area contributed by atoms with Crippen LogP contribution in [-0.2, 0) is 19.6 Å². The summed E-state index contributed by atoms with van der Waals surface area (Å²) in [6, 6.07) is 18.7. The molecule has 0 amide bonds. The van der Waals surface area contributed by atoms with Crippen molar-refractivity contribution in [2.45, 2.75) is 32.4 Å². The molecular weight excluding hydrogens is 366 g/mol. The van der Waals surface area contributed by atoms with Gasteiger partial charge in [-0.1, -0.05) is 42.5 Å². The quantitative estimate of drug-likeness (QED) is 0.349. The maximum absolute atomic E-state index is 5.90. The van der Waals surface area contributed by atoms with Gasteiger partial charge in [-0.05, 0) is 37.0 Å². The van der Waals surface area contributed by atoms with Crippen LogP contribution in [0.3, 0.4) is 0 Å². The minimum Gasteiger partial charge on any atom is -0.487 e. The first kappa shape index (κ1) is 18.4. The minimum absolute atomic E-state index is 0.494. The van der Waals surface area contributed by atoms with Gasteiger partial charge in [0.2, 0.25) is 0 Å². The zero-order chi connectivity index (χ0) is 19.0. The fourth-order valence-corrected chi connectivity index (χ4v) is 3.85. The first-order valence-electron chi connectivity index (χ1n) is 9.54. The number of nitrogens with zero attached hydrogens (tertiary/aromatic N) is 3. The number of hydrogen-bond donors (Lipinski definition) is 0. The lowest BCUT2D eigenvalue weighted by Crippen LogP contribution is -1.97. The normalized spacial score (nSPS) is 10.9. The highest BCUT2D eigenvalue weighted by atomic mass is 32.1. The highest BCUT2D eigenvalue weighted by Gasteiger charge is 2.05. The molecule has 2 heterocycles. The summed E-state index contributed by atoms with van der Waals surface area (Å²) in [6.45, 7) is 1.52. The van der Waals surface area contributed by atoms with Gasteiger partial charge in [-0.2, -0.15) is 0 Å². The van der Waals surface area contributed by atoms with Crippen LogP contribution in [0.4, 0.5) is 0 Å². The molecule has 4 rings (SSSR count). The Morgan fingerprint density at radius 3 is 2.61 bits per heavy atom. The van der Waals surface area contributed by atoms with Gasteiger partial charge in [0.25, 0.3) is 0 Å². The molecule has 0 saturated carbocycles. The summed E-state index contributed by atoms with van der Waals surface area (Å²) in [6.07, 6.45) is 9.12. The largest absolute Gasteiger partial charge is 0.487 e. The Balaban J connectivity index is 1.23. The van der Waals surface area contributed by atoms with Crippen LogP contribution in [0.15, 0.2) is 78.7 Å². The standard InChI is InChI=1S/C23H23N3OS/c1-2-7-20(8-3-1)23-25-21(17-28-23)16-27-22-11-9-19(10-12-22)6-4-5-14-26-15-13-24-18-26/h1-3,7-13,15,17-18H,4-6,14,16H2. The minimum atomic E-state index is 0.494. The van der Waals surface area contributed by atoms with E-state index in [4.69, 9.17) is 4.74 Å². The topological polar surface area (TPSA) is 39.9 Å². The molecule has 5 heteroatoms. The molecule has 0 spiro atoms. The molecule has 0 radical (unpaired) electrons. The van der Waals surface area contributed by atoms with E-state index < -0.39 is 0 Å². The van der Waals surface area contributed by atoms with Crippen LogP contribution >= 0.6 is 11.3 Å². The third kappa shape index (κ3) is 5.08. The predicted octanol–water partition coefficient (Wildman–Crippen LogP) is 5.61. The number of benzene rings is 2. The second-order valence-corrected chi connectivity index (χ2v) is 7.56. The molecule has 28 heavy (non-hydrogen) atoms. The first-order valence-corrected chi connectivity index (χ1v) is 10.4. The van der Waals surface area contributed by atoms with E-state index in [1.165, 1.54) is 12.0 Å². The molecule has 0 aliphatic carbocycles. The van der Waals surface area contributed by atoms with Crippen molar-refractivity contribution in [3.63, 3.8) is 0 Å². The van der Waals surface area contributed by atoms with Crippen molar-refractivity contribution >= 4 is 11.3 Å². The average molecular weight is 390 g/mol. The van der Waals surface area contributed by atoms with Crippen LogP contribution in [0, 0.1) is 0 Å². The Hall–Kier alpha value is -2.92. The maximum Gasteiger partial charge on any atom is 0.131 e.